The van der Waals surface area contributed by atoms with Crippen molar-refractivity contribution in [2.45, 2.75) is 25.2 Å². The maximum Gasteiger partial charge on any atom is 0.234 e. The number of carbonyl (C=O) groups is 1. The fraction of sp³-hybridized carbons (Fsp3) is 0.200. The Balaban J connectivity index is 1.96. The van der Waals surface area contributed by atoms with Crippen LogP contribution < -0.4 is 10.1 Å². The molecule has 0 fully saturated rings. The van der Waals surface area contributed by atoms with E-state index in [-0.39, 0.29) is 6.42 Å². The maximum absolute atomic E-state index is 14.4. The van der Waals surface area contributed by atoms with Gasteiger partial charge in [-0.3, -0.25) is 4.79 Å². The van der Waals surface area contributed by atoms with E-state index >= 15 is 0 Å². The second kappa shape index (κ2) is 9.74. The van der Waals surface area contributed by atoms with Gasteiger partial charge in [-0.25, -0.2) is 17.6 Å². The molecule has 8 heteroatoms. The highest BCUT2D eigenvalue weighted by Gasteiger charge is 2.37. The Bertz CT molecular complexity index is 1180. The van der Waals surface area contributed by atoms with Gasteiger partial charge in [0.1, 0.15) is 23.1 Å². The first-order valence-corrected chi connectivity index (χ1v) is 9.99. The van der Waals surface area contributed by atoms with Crippen LogP contribution in [0.25, 0.3) is 0 Å². The molecule has 4 nitrogen and oxygen atoms in total. The number of aryl methyl sites for hydroxylation is 1. The number of nitrogens with one attached hydrogen (secondary N) is 1. The first-order chi connectivity index (χ1) is 15.7. The average Bonchev–Trinajstić information content (AvgIpc) is 2.85. The lowest BCUT2D eigenvalue weighted by Gasteiger charge is -2.29. The lowest BCUT2D eigenvalue weighted by atomic mass is 9.76. The molecule has 0 bridgehead atoms. The Morgan fingerprint density at radius 2 is 1.55 bits per heavy atom. The van der Waals surface area contributed by atoms with Crippen molar-refractivity contribution in [1.82, 2.24) is 0 Å². The molecule has 0 saturated carbocycles. The van der Waals surface area contributed by atoms with Crippen LogP contribution >= 0.6 is 0 Å². The molecule has 1 atom stereocenters. The molecular weight excluding hydrogens is 436 g/mol. The summed E-state index contributed by atoms with van der Waals surface area (Å²) in [4.78, 5) is 13.3. The molecule has 0 aromatic heterocycles. The molecule has 0 heterocycles. The topological polar surface area (TPSA) is 62.1 Å². The molecule has 0 spiro atoms. The fourth-order valence-corrected chi connectivity index (χ4v) is 3.47. The van der Waals surface area contributed by atoms with Crippen LogP contribution in [0.15, 0.2) is 54.6 Å². The number of methoxy groups -OCH3 is 1. The Morgan fingerprint density at radius 1 is 0.970 bits per heavy atom. The van der Waals surface area contributed by atoms with E-state index in [1.54, 1.807) is 56.5 Å². The number of amides is 1. The minimum Gasteiger partial charge on any atom is -0.497 e. The van der Waals surface area contributed by atoms with Gasteiger partial charge in [0.05, 0.1) is 12.5 Å². The van der Waals surface area contributed by atoms with Crippen LogP contribution in [0.3, 0.4) is 0 Å². The third-order valence-electron chi connectivity index (χ3n) is 5.60. The van der Waals surface area contributed by atoms with E-state index in [9.17, 15) is 22.4 Å². The number of hydrogen-bond acceptors (Lipinski definition) is 3. The Morgan fingerprint density at radius 3 is 2.06 bits per heavy atom. The van der Waals surface area contributed by atoms with Gasteiger partial charge in [0.15, 0.2) is 23.3 Å². The van der Waals surface area contributed by atoms with Gasteiger partial charge in [-0.1, -0.05) is 42.5 Å². The number of anilines is 1. The molecule has 3 rings (SSSR count). The van der Waals surface area contributed by atoms with E-state index in [1.165, 1.54) is 0 Å². The molecule has 0 saturated heterocycles. The molecule has 3 aromatic carbocycles. The van der Waals surface area contributed by atoms with Gasteiger partial charge in [0.25, 0.3) is 0 Å². The smallest absolute Gasteiger partial charge is 0.234 e. The summed E-state index contributed by atoms with van der Waals surface area (Å²) in [7, 11) is 1.54. The predicted octanol–water partition coefficient (Wildman–Crippen LogP) is 5.65. The molecule has 0 radical (unpaired) electrons. The summed E-state index contributed by atoms with van der Waals surface area (Å²) in [6.07, 6.45) is 0.642. The van der Waals surface area contributed by atoms with Crippen molar-refractivity contribution in [3.63, 3.8) is 0 Å². The SMILES string of the molecule is COc1ccc(CCC(C)(C(=O)Nc2c(F)c(F)c(C#N)c(F)c2F)c2ccccc2)cc1. The monoisotopic (exact) mass is 456 g/mol. The summed E-state index contributed by atoms with van der Waals surface area (Å²) >= 11 is 0. The van der Waals surface area contributed by atoms with E-state index in [0.717, 1.165) is 11.6 Å². The number of carbonyl (C=O) groups excluding carboxylic acids is 1. The van der Waals surface area contributed by atoms with Crippen molar-refractivity contribution in [2.75, 3.05) is 12.4 Å². The second-order valence-electron chi connectivity index (χ2n) is 7.62. The second-order valence-corrected chi connectivity index (χ2v) is 7.62. The van der Waals surface area contributed by atoms with Crippen LogP contribution in [-0.2, 0) is 16.6 Å². The zero-order chi connectivity index (χ0) is 24.2. The van der Waals surface area contributed by atoms with Crippen LogP contribution in [0.2, 0.25) is 0 Å². The lowest BCUT2D eigenvalue weighted by molar-refractivity contribution is -0.121. The van der Waals surface area contributed by atoms with Crippen molar-refractivity contribution in [2.24, 2.45) is 0 Å². The summed E-state index contributed by atoms with van der Waals surface area (Å²) in [6.45, 7) is 1.58. The molecule has 1 amide bonds. The highest BCUT2D eigenvalue weighted by Crippen LogP contribution is 2.34. The number of nitrogens with zero attached hydrogens (tertiary/aromatic N) is 1. The number of halogens is 4. The molecule has 0 aliphatic carbocycles. The van der Waals surface area contributed by atoms with Crippen molar-refractivity contribution in [3.8, 4) is 11.8 Å². The van der Waals surface area contributed by atoms with Crippen LogP contribution in [0.5, 0.6) is 5.75 Å². The maximum atomic E-state index is 14.4. The summed E-state index contributed by atoms with van der Waals surface area (Å²) < 4.78 is 62.0. The summed E-state index contributed by atoms with van der Waals surface area (Å²) in [5, 5.41) is 10.8. The van der Waals surface area contributed by atoms with Crippen LogP contribution in [0, 0.1) is 34.6 Å². The predicted molar refractivity (Wildman–Crippen MR) is 115 cm³/mol. The van der Waals surface area contributed by atoms with Gasteiger partial charge in [-0.05, 0) is 43.0 Å². The number of hydrogen-bond donors (Lipinski definition) is 1. The van der Waals surface area contributed by atoms with Gasteiger partial charge in [0.2, 0.25) is 5.91 Å². The standard InChI is InChI=1S/C25H20F4N2O2/c1-25(16-6-4-3-5-7-16,13-12-15-8-10-17(33-2)11-9-15)24(32)31-23-21(28)19(26)18(14-30)20(27)22(23)29/h3-11H,12-13H2,1-2H3,(H,31,32). The summed E-state index contributed by atoms with van der Waals surface area (Å²) in [5.41, 5.74) is -2.54. The van der Waals surface area contributed by atoms with Crippen LogP contribution in [0.4, 0.5) is 23.2 Å². The highest BCUT2D eigenvalue weighted by molar-refractivity contribution is 5.99. The third kappa shape index (κ3) is 4.67. The van der Waals surface area contributed by atoms with Crippen molar-refractivity contribution in [1.29, 1.82) is 5.26 Å². The van der Waals surface area contributed by atoms with E-state index < -0.39 is 45.8 Å². The summed E-state index contributed by atoms with van der Waals surface area (Å²) in [6, 6.07) is 16.8. The zero-order valence-electron chi connectivity index (χ0n) is 17.9. The largest absolute Gasteiger partial charge is 0.497 e. The number of rotatable bonds is 7. The average molecular weight is 456 g/mol. The Labute approximate surface area is 188 Å². The van der Waals surface area contributed by atoms with Crippen LogP contribution in [0.1, 0.15) is 30.0 Å². The van der Waals surface area contributed by atoms with Crippen molar-refractivity contribution < 1.29 is 27.1 Å². The van der Waals surface area contributed by atoms with E-state index in [0.29, 0.717) is 17.7 Å². The molecule has 1 unspecified atom stereocenters. The molecule has 3 aromatic rings. The first-order valence-electron chi connectivity index (χ1n) is 9.99. The normalized spacial score (nSPS) is 12.5. The Kier molecular flexibility index (Phi) is 7.02. The highest BCUT2D eigenvalue weighted by atomic mass is 19.2. The van der Waals surface area contributed by atoms with Gasteiger partial charge in [0, 0.05) is 0 Å². The van der Waals surface area contributed by atoms with Crippen LogP contribution in [-0.4, -0.2) is 13.0 Å². The lowest BCUT2D eigenvalue weighted by Crippen LogP contribution is -2.39. The van der Waals surface area contributed by atoms with E-state index in [4.69, 9.17) is 10.00 Å². The summed E-state index contributed by atoms with van der Waals surface area (Å²) in [5.74, 6) is -7.62. The number of nitriles is 1. The van der Waals surface area contributed by atoms with Crippen molar-refractivity contribution in [3.05, 3.63) is 94.6 Å². The molecule has 33 heavy (non-hydrogen) atoms. The fourth-order valence-electron chi connectivity index (χ4n) is 3.47. The zero-order valence-corrected chi connectivity index (χ0v) is 17.9. The molecule has 170 valence electrons. The van der Waals surface area contributed by atoms with Gasteiger partial charge in [-0.2, -0.15) is 5.26 Å². The van der Waals surface area contributed by atoms with Gasteiger partial charge in [-0.15, -0.1) is 0 Å². The van der Waals surface area contributed by atoms with E-state index in [1.807, 2.05) is 17.4 Å². The van der Waals surface area contributed by atoms with Gasteiger partial charge < -0.3 is 10.1 Å². The number of benzene rings is 3. The molecular formula is C25H20F4N2O2. The minimum atomic E-state index is -1.87. The first kappa shape index (κ1) is 23.8. The van der Waals surface area contributed by atoms with Gasteiger partial charge >= 0.3 is 0 Å². The minimum absolute atomic E-state index is 0.222. The molecule has 0 aliphatic heterocycles. The Hall–Kier alpha value is -3.86. The van der Waals surface area contributed by atoms with Crippen molar-refractivity contribution >= 4 is 11.6 Å². The third-order valence-corrected chi connectivity index (χ3v) is 5.60. The number of ether oxygens (including phenoxy) is 1. The molecule has 1 N–H and O–H groups in total. The quantitative estimate of drug-likeness (QED) is 0.369. The van der Waals surface area contributed by atoms with E-state index in [2.05, 4.69) is 0 Å². The molecule has 0 aliphatic rings.